The van der Waals surface area contributed by atoms with Crippen molar-refractivity contribution in [2.75, 3.05) is 26.7 Å². The smallest absolute Gasteiger partial charge is 0.303 e. The summed E-state index contributed by atoms with van der Waals surface area (Å²) in [4.78, 5) is 13.1. The Kier molecular flexibility index (Phi) is 2.98. The summed E-state index contributed by atoms with van der Waals surface area (Å²) in [6.07, 6.45) is 3.92. The molecule has 0 bridgehead atoms. The van der Waals surface area contributed by atoms with Gasteiger partial charge in [0.05, 0.1) is 12.5 Å². The van der Waals surface area contributed by atoms with Gasteiger partial charge in [0.2, 0.25) is 0 Å². The Morgan fingerprint density at radius 1 is 1.60 bits per heavy atom. The predicted octanol–water partition coefficient (Wildman–Crippen LogP) is 0.962. The molecule has 1 saturated heterocycles. The molecule has 1 N–H and O–H groups in total. The van der Waals surface area contributed by atoms with Gasteiger partial charge in [-0.3, -0.25) is 4.79 Å². The number of aliphatic carboxylic acids is 1. The number of methoxy groups -OCH3 is 1. The Labute approximate surface area is 90.2 Å². The van der Waals surface area contributed by atoms with Gasteiger partial charge in [0.15, 0.2) is 0 Å². The first-order chi connectivity index (χ1) is 7.13. The van der Waals surface area contributed by atoms with Crippen LogP contribution in [0.15, 0.2) is 0 Å². The van der Waals surface area contributed by atoms with E-state index in [1.807, 2.05) is 0 Å². The van der Waals surface area contributed by atoms with Crippen LogP contribution in [0.1, 0.15) is 25.7 Å². The number of likely N-dealkylation sites (tertiary alicyclic amines) is 1. The molecule has 0 spiro atoms. The van der Waals surface area contributed by atoms with Gasteiger partial charge in [-0.05, 0) is 24.7 Å². The lowest BCUT2D eigenvalue weighted by atomic mass is 10.0. The largest absolute Gasteiger partial charge is 0.481 e. The molecule has 0 amide bonds. The van der Waals surface area contributed by atoms with Crippen LogP contribution in [-0.2, 0) is 9.53 Å². The molecule has 0 aromatic rings. The maximum Gasteiger partial charge on any atom is 0.303 e. The van der Waals surface area contributed by atoms with Crippen molar-refractivity contribution in [3.05, 3.63) is 0 Å². The lowest BCUT2D eigenvalue weighted by Gasteiger charge is -2.21. The third kappa shape index (κ3) is 2.69. The summed E-state index contributed by atoms with van der Waals surface area (Å²) in [6, 6.07) is 0. The number of carbonyl (C=O) groups is 1. The van der Waals surface area contributed by atoms with Gasteiger partial charge in [0, 0.05) is 26.7 Å². The fourth-order valence-electron chi connectivity index (χ4n) is 2.50. The lowest BCUT2D eigenvalue weighted by Crippen LogP contribution is -2.30. The van der Waals surface area contributed by atoms with Gasteiger partial charge in [-0.1, -0.05) is 0 Å². The van der Waals surface area contributed by atoms with E-state index in [1.54, 1.807) is 7.11 Å². The molecule has 15 heavy (non-hydrogen) atoms. The molecule has 2 aliphatic rings. The number of nitrogens with zero attached hydrogens (tertiary/aromatic N) is 1. The van der Waals surface area contributed by atoms with Crippen molar-refractivity contribution in [2.24, 2.45) is 5.41 Å². The van der Waals surface area contributed by atoms with Crippen LogP contribution < -0.4 is 0 Å². The average molecular weight is 213 g/mol. The number of carboxylic acids is 1. The topological polar surface area (TPSA) is 49.8 Å². The number of ether oxygens (including phenoxy) is 1. The molecule has 0 aromatic carbocycles. The van der Waals surface area contributed by atoms with Crippen LogP contribution in [0.4, 0.5) is 0 Å². The minimum absolute atomic E-state index is 0.0917. The summed E-state index contributed by atoms with van der Waals surface area (Å²) in [5, 5.41) is 8.82. The molecule has 1 aliphatic carbocycles. The predicted molar refractivity (Wildman–Crippen MR) is 55.8 cm³/mol. The molecular weight excluding hydrogens is 194 g/mol. The van der Waals surface area contributed by atoms with Crippen LogP contribution in [-0.4, -0.2) is 48.8 Å². The normalized spacial score (nSPS) is 29.3. The van der Waals surface area contributed by atoms with E-state index in [0.29, 0.717) is 12.5 Å². The molecular formula is C11H19NO3. The van der Waals surface area contributed by atoms with Crippen LogP contribution >= 0.6 is 0 Å². The number of hydrogen-bond acceptors (Lipinski definition) is 3. The Hall–Kier alpha value is -0.610. The zero-order chi connectivity index (χ0) is 10.9. The van der Waals surface area contributed by atoms with E-state index >= 15 is 0 Å². The first-order valence-electron chi connectivity index (χ1n) is 5.60. The highest BCUT2D eigenvalue weighted by molar-refractivity contribution is 5.68. The second kappa shape index (κ2) is 4.10. The van der Waals surface area contributed by atoms with Gasteiger partial charge < -0.3 is 14.7 Å². The number of rotatable bonds is 5. The summed E-state index contributed by atoms with van der Waals surface area (Å²) >= 11 is 0. The number of hydrogen-bond donors (Lipinski definition) is 1. The summed E-state index contributed by atoms with van der Waals surface area (Å²) in [5.74, 6) is -0.657. The van der Waals surface area contributed by atoms with Crippen molar-refractivity contribution in [3.8, 4) is 0 Å². The fourth-order valence-corrected chi connectivity index (χ4v) is 2.50. The highest BCUT2D eigenvalue weighted by Gasteiger charge is 2.46. The van der Waals surface area contributed by atoms with E-state index in [0.717, 1.165) is 38.9 Å². The fraction of sp³-hybridized carbons (Fsp3) is 0.909. The van der Waals surface area contributed by atoms with Gasteiger partial charge in [-0.25, -0.2) is 0 Å². The van der Waals surface area contributed by atoms with Gasteiger partial charge in [0.25, 0.3) is 0 Å². The monoisotopic (exact) mass is 213 g/mol. The van der Waals surface area contributed by atoms with E-state index in [9.17, 15) is 4.79 Å². The van der Waals surface area contributed by atoms with Gasteiger partial charge in [0.1, 0.15) is 0 Å². The quantitative estimate of drug-likeness (QED) is 0.739. The molecule has 1 saturated carbocycles. The van der Waals surface area contributed by atoms with Crippen molar-refractivity contribution in [2.45, 2.75) is 31.8 Å². The minimum Gasteiger partial charge on any atom is -0.481 e. The zero-order valence-corrected chi connectivity index (χ0v) is 9.24. The lowest BCUT2D eigenvalue weighted by molar-refractivity contribution is -0.138. The van der Waals surface area contributed by atoms with Crippen molar-refractivity contribution < 1.29 is 14.6 Å². The van der Waals surface area contributed by atoms with Crippen LogP contribution in [0.3, 0.4) is 0 Å². The van der Waals surface area contributed by atoms with Crippen molar-refractivity contribution >= 4 is 5.97 Å². The first-order valence-corrected chi connectivity index (χ1v) is 5.60. The van der Waals surface area contributed by atoms with E-state index in [1.165, 1.54) is 0 Å². The molecule has 2 rings (SSSR count). The van der Waals surface area contributed by atoms with Crippen LogP contribution in [0.2, 0.25) is 0 Å². The Bertz CT molecular complexity index is 250. The number of carboxylic acid groups (broad SMARTS) is 1. The molecule has 86 valence electrons. The Balaban J connectivity index is 1.80. The van der Waals surface area contributed by atoms with Crippen molar-refractivity contribution in [1.82, 2.24) is 4.90 Å². The minimum atomic E-state index is -0.657. The summed E-state index contributed by atoms with van der Waals surface area (Å²) in [6.45, 7) is 2.97. The summed E-state index contributed by atoms with van der Waals surface area (Å²) in [7, 11) is 1.75. The SMILES string of the molecule is COC1CCN(CC2(CC(=O)O)CC2)C1. The third-order valence-corrected chi connectivity index (χ3v) is 3.60. The van der Waals surface area contributed by atoms with E-state index in [2.05, 4.69) is 4.90 Å². The molecule has 2 fully saturated rings. The molecule has 1 heterocycles. The average Bonchev–Trinajstić information content (AvgIpc) is 2.76. The maximum atomic E-state index is 10.7. The molecule has 0 aromatic heterocycles. The third-order valence-electron chi connectivity index (χ3n) is 3.60. The van der Waals surface area contributed by atoms with E-state index in [-0.39, 0.29) is 5.41 Å². The second-order valence-electron chi connectivity index (χ2n) is 4.95. The second-order valence-corrected chi connectivity index (χ2v) is 4.95. The van der Waals surface area contributed by atoms with Gasteiger partial charge in [-0.15, -0.1) is 0 Å². The molecule has 1 aliphatic heterocycles. The van der Waals surface area contributed by atoms with Crippen LogP contribution in [0.5, 0.6) is 0 Å². The summed E-state index contributed by atoms with van der Waals surface area (Å²) < 4.78 is 5.30. The molecule has 0 radical (unpaired) electrons. The Morgan fingerprint density at radius 3 is 2.80 bits per heavy atom. The molecule has 4 nitrogen and oxygen atoms in total. The standard InChI is InChI=1S/C11H19NO3/c1-15-9-2-5-12(7-9)8-11(3-4-11)6-10(13)14/h9H,2-8H2,1H3,(H,13,14). The molecule has 1 atom stereocenters. The van der Waals surface area contributed by atoms with E-state index < -0.39 is 5.97 Å². The van der Waals surface area contributed by atoms with Crippen molar-refractivity contribution in [3.63, 3.8) is 0 Å². The zero-order valence-electron chi connectivity index (χ0n) is 9.24. The van der Waals surface area contributed by atoms with Gasteiger partial charge >= 0.3 is 5.97 Å². The highest BCUT2D eigenvalue weighted by Crippen LogP contribution is 2.49. The van der Waals surface area contributed by atoms with Crippen LogP contribution in [0, 0.1) is 5.41 Å². The Morgan fingerprint density at radius 2 is 2.33 bits per heavy atom. The van der Waals surface area contributed by atoms with Crippen molar-refractivity contribution in [1.29, 1.82) is 0 Å². The molecule has 1 unspecified atom stereocenters. The van der Waals surface area contributed by atoms with Gasteiger partial charge in [-0.2, -0.15) is 0 Å². The maximum absolute atomic E-state index is 10.7. The summed E-state index contributed by atoms with van der Waals surface area (Å²) in [5.41, 5.74) is 0.0917. The highest BCUT2D eigenvalue weighted by atomic mass is 16.5. The van der Waals surface area contributed by atoms with Crippen LogP contribution in [0.25, 0.3) is 0 Å². The van der Waals surface area contributed by atoms with E-state index in [4.69, 9.17) is 9.84 Å². The molecule has 4 heteroatoms. The first kappa shape index (κ1) is 10.9.